The van der Waals surface area contributed by atoms with Crippen molar-refractivity contribution in [2.24, 2.45) is 0 Å². The Labute approximate surface area is 106 Å². The minimum absolute atomic E-state index is 0.0134. The molecule has 98 valence electrons. The lowest BCUT2D eigenvalue weighted by Gasteiger charge is -1.98. The van der Waals surface area contributed by atoms with Gasteiger partial charge in [-0.1, -0.05) is 6.92 Å². The number of carbonyl (C=O) groups excluding carboxylic acids is 3. The molecular formula is C14H18O4. The van der Waals surface area contributed by atoms with Crippen LogP contribution in [0.15, 0.2) is 16.5 Å². The Morgan fingerprint density at radius 3 is 2.11 bits per heavy atom. The molecule has 0 saturated carbocycles. The molecular weight excluding hydrogens is 232 g/mol. The highest BCUT2D eigenvalue weighted by atomic mass is 16.3. The smallest absolute Gasteiger partial charge is 0.140 e. The fraction of sp³-hybridized carbons (Fsp3) is 0.500. The molecule has 1 heterocycles. The minimum Gasteiger partial charge on any atom is -0.465 e. The van der Waals surface area contributed by atoms with Crippen LogP contribution in [0.2, 0.25) is 0 Å². The third kappa shape index (κ3) is 5.08. The molecule has 0 amide bonds. The number of rotatable bonds is 8. The van der Waals surface area contributed by atoms with Crippen LogP contribution in [0, 0.1) is 0 Å². The molecule has 1 rings (SSSR count). The summed E-state index contributed by atoms with van der Waals surface area (Å²) < 4.78 is 5.37. The van der Waals surface area contributed by atoms with Crippen LogP contribution < -0.4 is 0 Å². The summed E-state index contributed by atoms with van der Waals surface area (Å²) in [5, 5.41) is 0. The van der Waals surface area contributed by atoms with E-state index in [1.807, 2.05) is 0 Å². The van der Waals surface area contributed by atoms with Crippen molar-refractivity contribution in [3.63, 3.8) is 0 Å². The van der Waals surface area contributed by atoms with E-state index >= 15 is 0 Å². The molecule has 0 atom stereocenters. The van der Waals surface area contributed by atoms with Gasteiger partial charge in [0.1, 0.15) is 28.9 Å². The summed E-state index contributed by atoms with van der Waals surface area (Å²) in [5.74, 6) is 1.24. The van der Waals surface area contributed by atoms with E-state index in [4.69, 9.17) is 4.42 Å². The molecule has 0 fully saturated rings. The second kappa shape index (κ2) is 6.89. The lowest BCUT2D eigenvalue weighted by molar-refractivity contribution is -0.123. The number of carbonyl (C=O) groups is 3. The molecule has 0 spiro atoms. The van der Waals surface area contributed by atoms with E-state index < -0.39 is 0 Å². The van der Waals surface area contributed by atoms with E-state index in [2.05, 4.69) is 0 Å². The Morgan fingerprint density at radius 1 is 1.00 bits per heavy atom. The molecule has 0 saturated heterocycles. The lowest BCUT2D eigenvalue weighted by Crippen LogP contribution is -2.05. The topological polar surface area (TPSA) is 64.3 Å². The second-order valence-electron chi connectivity index (χ2n) is 4.35. The molecule has 4 heteroatoms. The van der Waals surface area contributed by atoms with E-state index in [0.717, 1.165) is 0 Å². The molecule has 18 heavy (non-hydrogen) atoms. The predicted octanol–water partition coefficient (Wildman–Crippen LogP) is 2.28. The second-order valence-corrected chi connectivity index (χ2v) is 4.35. The van der Waals surface area contributed by atoms with Crippen LogP contribution in [0.25, 0.3) is 0 Å². The summed E-state index contributed by atoms with van der Waals surface area (Å²) in [5.41, 5.74) is 0. The Balaban J connectivity index is 2.42. The average molecular weight is 250 g/mol. The van der Waals surface area contributed by atoms with Crippen LogP contribution in [0.3, 0.4) is 0 Å². The van der Waals surface area contributed by atoms with Gasteiger partial charge >= 0.3 is 0 Å². The highest BCUT2D eigenvalue weighted by molar-refractivity contribution is 5.86. The first kappa shape index (κ1) is 14.4. The maximum Gasteiger partial charge on any atom is 0.140 e. The van der Waals surface area contributed by atoms with Crippen molar-refractivity contribution in [2.45, 2.75) is 46.0 Å². The molecule has 0 radical (unpaired) electrons. The molecule has 0 aromatic carbocycles. The van der Waals surface area contributed by atoms with Gasteiger partial charge in [0, 0.05) is 19.3 Å². The van der Waals surface area contributed by atoms with Gasteiger partial charge < -0.3 is 4.42 Å². The van der Waals surface area contributed by atoms with Crippen LogP contribution in [0.4, 0.5) is 0 Å². The molecule has 1 aromatic rings. The maximum absolute atomic E-state index is 11.6. The highest BCUT2D eigenvalue weighted by Crippen LogP contribution is 2.11. The van der Waals surface area contributed by atoms with Crippen molar-refractivity contribution in [1.29, 1.82) is 0 Å². The summed E-state index contributed by atoms with van der Waals surface area (Å²) in [6, 6.07) is 3.42. The molecule has 0 unspecified atom stereocenters. The lowest BCUT2D eigenvalue weighted by atomic mass is 10.1. The third-order valence-electron chi connectivity index (χ3n) is 2.59. The molecule has 1 aromatic heterocycles. The first-order chi connectivity index (χ1) is 8.51. The molecule has 0 N–H and O–H groups in total. The zero-order valence-corrected chi connectivity index (χ0v) is 10.8. The van der Waals surface area contributed by atoms with E-state index in [1.54, 1.807) is 19.1 Å². The van der Waals surface area contributed by atoms with E-state index in [0.29, 0.717) is 24.4 Å². The van der Waals surface area contributed by atoms with Crippen molar-refractivity contribution < 1.29 is 18.8 Å². The summed E-state index contributed by atoms with van der Waals surface area (Å²) in [6.45, 7) is 3.27. The van der Waals surface area contributed by atoms with Crippen molar-refractivity contribution in [3.05, 3.63) is 23.7 Å². The molecule has 0 bridgehead atoms. The van der Waals surface area contributed by atoms with Gasteiger partial charge in [-0.2, -0.15) is 0 Å². The summed E-state index contributed by atoms with van der Waals surface area (Å²) >= 11 is 0. The Bertz CT molecular complexity index is 442. The van der Waals surface area contributed by atoms with Gasteiger partial charge in [-0.3, -0.25) is 14.4 Å². The number of ketones is 3. The fourth-order valence-corrected chi connectivity index (χ4v) is 1.60. The number of Topliss-reactive ketones (excluding diaryl/α,β-unsaturated/α-hetero) is 3. The van der Waals surface area contributed by atoms with Gasteiger partial charge in [0.15, 0.2) is 0 Å². The van der Waals surface area contributed by atoms with Gasteiger partial charge in [-0.25, -0.2) is 0 Å². The monoisotopic (exact) mass is 250 g/mol. The van der Waals surface area contributed by atoms with Gasteiger partial charge in [0.05, 0.1) is 12.8 Å². The van der Waals surface area contributed by atoms with Crippen LogP contribution in [-0.2, 0) is 27.2 Å². The van der Waals surface area contributed by atoms with Crippen LogP contribution in [0.1, 0.15) is 44.6 Å². The Kier molecular flexibility index (Phi) is 5.49. The first-order valence-corrected chi connectivity index (χ1v) is 6.11. The zero-order valence-electron chi connectivity index (χ0n) is 10.8. The predicted molar refractivity (Wildman–Crippen MR) is 66.3 cm³/mol. The third-order valence-corrected chi connectivity index (χ3v) is 2.59. The van der Waals surface area contributed by atoms with E-state index in [1.165, 1.54) is 6.92 Å². The average Bonchev–Trinajstić information content (AvgIpc) is 2.72. The fourth-order valence-electron chi connectivity index (χ4n) is 1.60. The van der Waals surface area contributed by atoms with Crippen molar-refractivity contribution in [1.82, 2.24) is 0 Å². The standard InChI is InChI=1S/C14H18O4/c1-3-11(16)4-5-12(17)9-14-7-6-13(18-14)8-10(2)15/h6-7H,3-5,8-9H2,1-2H3. The van der Waals surface area contributed by atoms with E-state index in [9.17, 15) is 14.4 Å². The van der Waals surface area contributed by atoms with E-state index in [-0.39, 0.29) is 36.6 Å². The van der Waals surface area contributed by atoms with Crippen LogP contribution >= 0.6 is 0 Å². The zero-order chi connectivity index (χ0) is 13.5. The normalized spacial score (nSPS) is 10.3. The van der Waals surface area contributed by atoms with Crippen molar-refractivity contribution in [3.8, 4) is 0 Å². The maximum atomic E-state index is 11.6. The van der Waals surface area contributed by atoms with Crippen molar-refractivity contribution in [2.75, 3.05) is 0 Å². The van der Waals surface area contributed by atoms with Gasteiger partial charge in [0.25, 0.3) is 0 Å². The quantitative estimate of drug-likeness (QED) is 0.710. The van der Waals surface area contributed by atoms with Gasteiger partial charge in [-0.15, -0.1) is 0 Å². The highest BCUT2D eigenvalue weighted by Gasteiger charge is 2.10. The summed E-state index contributed by atoms with van der Waals surface area (Å²) in [7, 11) is 0. The van der Waals surface area contributed by atoms with Crippen LogP contribution in [-0.4, -0.2) is 17.3 Å². The first-order valence-electron chi connectivity index (χ1n) is 6.11. The largest absolute Gasteiger partial charge is 0.465 e. The molecule has 0 aliphatic carbocycles. The van der Waals surface area contributed by atoms with Crippen molar-refractivity contribution >= 4 is 17.3 Å². The minimum atomic E-state index is -0.0134. The van der Waals surface area contributed by atoms with Crippen LogP contribution in [0.5, 0.6) is 0 Å². The molecule has 0 aliphatic heterocycles. The molecule has 4 nitrogen and oxygen atoms in total. The number of furan rings is 1. The number of hydrogen-bond donors (Lipinski definition) is 0. The SMILES string of the molecule is CCC(=O)CCC(=O)Cc1ccc(CC(C)=O)o1. The molecule has 0 aliphatic rings. The Hall–Kier alpha value is -1.71. The Morgan fingerprint density at radius 2 is 1.56 bits per heavy atom. The van der Waals surface area contributed by atoms with Gasteiger partial charge in [0.2, 0.25) is 0 Å². The summed E-state index contributed by atoms with van der Waals surface area (Å²) in [6.07, 6.45) is 1.47. The summed E-state index contributed by atoms with van der Waals surface area (Å²) in [4.78, 5) is 33.6. The van der Waals surface area contributed by atoms with Gasteiger partial charge in [-0.05, 0) is 19.1 Å². The number of hydrogen-bond acceptors (Lipinski definition) is 4.